The number of halogens is 1. The molecule has 0 aliphatic heterocycles. The third kappa shape index (κ3) is 7.07. The molecule has 1 rings (SSSR count). The number of non-ortho nitro benzene ring substituents is 1. The first-order valence-electron chi connectivity index (χ1n) is 5.80. The smallest absolute Gasteiger partial charge is 0.269 e. The summed E-state index contributed by atoms with van der Waals surface area (Å²) in [5.41, 5.74) is -0.0617. The fourth-order valence-electron chi connectivity index (χ4n) is 1.39. The van der Waals surface area contributed by atoms with Crippen molar-refractivity contribution in [3.63, 3.8) is 0 Å². The van der Waals surface area contributed by atoms with Gasteiger partial charge in [-0.2, -0.15) is 8.42 Å². The molecule has 116 valence electrons. The first kappa shape index (κ1) is 17.4. The third-order valence-corrected chi connectivity index (χ3v) is 2.97. The number of hydrogen-bond donors (Lipinski definition) is 0. The maximum atomic E-state index is 11.1. The van der Waals surface area contributed by atoms with Crippen molar-refractivity contribution in [2.24, 2.45) is 0 Å². The summed E-state index contributed by atoms with van der Waals surface area (Å²) in [5, 5.41) is 10.5. The standard InChI is InChI=1S/C12H14ClNO6S/c1-21(17,18)20-12(3-2-8-13)9-19-11-6-4-10(5-7-11)14(15)16/h2-7,12H,8-9H2,1H3. The Labute approximate surface area is 127 Å². The molecule has 0 aromatic heterocycles. The van der Waals surface area contributed by atoms with Crippen LogP contribution in [0.1, 0.15) is 0 Å². The van der Waals surface area contributed by atoms with Crippen molar-refractivity contribution in [3.05, 3.63) is 46.5 Å². The van der Waals surface area contributed by atoms with Gasteiger partial charge in [-0.05, 0) is 12.1 Å². The maximum absolute atomic E-state index is 11.1. The highest BCUT2D eigenvalue weighted by atomic mass is 35.5. The van der Waals surface area contributed by atoms with Crippen molar-refractivity contribution in [1.29, 1.82) is 0 Å². The predicted octanol–water partition coefficient (Wildman–Crippen LogP) is 2.11. The van der Waals surface area contributed by atoms with Gasteiger partial charge < -0.3 is 4.74 Å². The zero-order valence-electron chi connectivity index (χ0n) is 11.1. The van der Waals surface area contributed by atoms with E-state index in [1.54, 1.807) is 0 Å². The molecule has 0 saturated heterocycles. The first-order valence-corrected chi connectivity index (χ1v) is 8.15. The van der Waals surface area contributed by atoms with E-state index in [0.29, 0.717) is 5.75 Å². The van der Waals surface area contributed by atoms with E-state index in [0.717, 1.165) is 6.26 Å². The predicted molar refractivity (Wildman–Crippen MR) is 78.2 cm³/mol. The summed E-state index contributed by atoms with van der Waals surface area (Å²) in [6, 6.07) is 5.41. The first-order chi connectivity index (χ1) is 9.81. The summed E-state index contributed by atoms with van der Waals surface area (Å²) in [7, 11) is -3.64. The van der Waals surface area contributed by atoms with Gasteiger partial charge in [-0.15, -0.1) is 11.6 Å². The molecule has 1 atom stereocenters. The van der Waals surface area contributed by atoms with E-state index >= 15 is 0 Å². The summed E-state index contributed by atoms with van der Waals surface area (Å²) < 4.78 is 32.4. The Morgan fingerprint density at radius 1 is 1.38 bits per heavy atom. The molecular formula is C12H14ClNO6S. The highest BCUT2D eigenvalue weighted by Gasteiger charge is 2.14. The fraction of sp³-hybridized carbons (Fsp3) is 0.333. The molecule has 7 nitrogen and oxygen atoms in total. The minimum absolute atomic E-state index is 0.0617. The Balaban J connectivity index is 2.67. The van der Waals surface area contributed by atoms with Crippen molar-refractivity contribution in [1.82, 2.24) is 0 Å². The average molecular weight is 336 g/mol. The van der Waals surface area contributed by atoms with Crippen LogP contribution in [0.25, 0.3) is 0 Å². The lowest BCUT2D eigenvalue weighted by atomic mass is 10.3. The number of alkyl halides is 1. The van der Waals surface area contributed by atoms with Gasteiger partial charge in [-0.3, -0.25) is 14.3 Å². The van der Waals surface area contributed by atoms with Gasteiger partial charge in [-0.1, -0.05) is 12.2 Å². The second-order valence-corrected chi connectivity index (χ2v) is 5.89. The van der Waals surface area contributed by atoms with E-state index < -0.39 is 21.1 Å². The van der Waals surface area contributed by atoms with Crippen LogP contribution in [0.5, 0.6) is 5.75 Å². The molecule has 0 radical (unpaired) electrons. The van der Waals surface area contributed by atoms with Gasteiger partial charge in [0.05, 0.1) is 11.2 Å². The minimum atomic E-state index is -3.64. The minimum Gasteiger partial charge on any atom is -0.490 e. The van der Waals surface area contributed by atoms with Crippen molar-refractivity contribution in [2.45, 2.75) is 6.10 Å². The number of ether oxygens (including phenoxy) is 1. The Bertz CT molecular complexity index is 599. The molecule has 9 heteroatoms. The van der Waals surface area contributed by atoms with E-state index in [4.69, 9.17) is 20.5 Å². The van der Waals surface area contributed by atoms with Crippen LogP contribution in [0.3, 0.4) is 0 Å². The Morgan fingerprint density at radius 2 is 2.00 bits per heavy atom. The van der Waals surface area contributed by atoms with Gasteiger partial charge in [0.1, 0.15) is 18.5 Å². The number of nitrogens with zero attached hydrogens (tertiary/aromatic N) is 1. The number of rotatable bonds is 8. The van der Waals surface area contributed by atoms with Crippen molar-refractivity contribution < 1.29 is 22.3 Å². The largest absolute Gasteiger partial charge is 0.490 e. The number of allylic oxidation sites excluding steroid dienone is 1. The molecule has 0 spiro atoms. The second-order valence-electron chi connectivity index (χ2n) is 3.98. The molecule has 0 N–H and O–H groups in total. The van der Waals surface area contributed by atoms with Gasteiger partial charge in [-0.25, -0.2) is 0 Å². The van der Waals surface area contributed by atoms with E-state index in [-0.39, 0.29) is 18.2 Å². The van der Waals surface area contributed by atoms with Crippen LogP contribution in [-0.4, -0.2) is 38.2 Å². The van der Waals surface area contributed by atoms with E-state index in [1.807, 2.05) is 0 Å². The van der Waals surface area contributed by atoms with Crippen LogP contribution in [0, 0.1) is 10.1 Å². The quantitative estimate of drug-likeness (QED) is 0.237. The van der Waals surface area contributed by atoms with Crippen LogP contribution in [-0.2, 0) is 14.3 Å². The van der Waals surface area contributed by atoms with Gasteiger partial charge >= 0.3 is 0 Å². The highest BCUT2D eigenvalue weighted by molar-refractivity contribution is 7.86. The van der Waals surface area contributed by atoms with Gasteiger partial charge in [0.25, 0.3) is 15.8 Å². The molecule has 0 aliphatic carbocycles. The van der Waals surface area contributed by atoms with Gasteiger partial charge in [0, 0.05) is 18.0 Å². The molecule has 0 bridgehead atoms. The third-order valence-electron chi connectivity index (χ3n) is 2.20. The monoisotopic (exact) mass is 335 g/mol. The number of benzene rings is 1. The molecule has 0 amide bonds. The Morgan fingerprint density at radius 3 is 2.48 bits per heavy atom. The Kier molecular flexibility index (Phi) is 6.60. The van der Waals surface area contributed by atoms with E-state index in [2.05, 4.69) is 0 Å². The summed E-state index contributed by atoms with van der Waals surface area (Å²) in [4.78, 5) is 9.98. The van der Waals surface area contributed by atoms with Gasteiger partial charge in [0.2, 0.25) is 0 Å². The average Bonchev–Trinajstić information content (AvgIpc) is 2.41. The molecular weight excluding hydrogens is 322 g/mol. The second kappa shape index (κ2) is 7.96. The molecule has 1 aromatic rings. The fourth-order valence-corrected chi connectivity index (χ4v) is 2.06. The topological polar surface area (TPSA) is 95.7 Å². The van der Waals surface area contributed by atoms with Crippen molar-refractivity contribution in [2.75, 3.05) is 18.7 Å². The van der Waals surface area contributed by atoms with Crippen molar-refractivity contribution in [3.8, 4) is 5.75 Å². The van der Waals surface area contributed by atoms with Crippen molar-refractivity contribution >= 4 is 27.4 Å². The van der Waals surface area contributed by atoms with Crippen LogP contribution < -0.4 is 4.74 Å². The number of nitro benzene ring substituents is 1. The Hall–Kier alpha value is -1.64. The van der Waals surface area contributed by atoms with Crippen LogP contribution >= 0.6 is 11.6 Å². The number of nitro groups is 1. The molecule has 0 saturated carbocycles. The zero-order chi connectivity index (χ0) is 15.9. The molecule has 1 unspecified atom stereocenters. The maximum Gasteiger partial charge on any atom is 0.269 e. The zero-order valence-corrected chi connectivity index (χ0v) is 12.7. The normalized spacial score (nSPS) is 13.2. The lowest BCUT2D eigenvalue weighted by Gasteiger charge is -2.13. The summed E-state index contributed by atoms with van der Waals surface area (Å²) in [6.45, 7) is -0.0712. The molecule has 0 fully saturated rings. The van der Waals surface area contributed by atoms with E-state index in [1.165, 1.54) is 36.4 Å². The summed E-state index contributed by atoms with van der Waals surface area (Å²) >= 11 is 5.48. The molecule has 0 aliphatic rings. The lowest BCUT2D eigenvalue weighted by Crippen LogP contribution is -2.22. The van der Waals surface area contributed by atoms with Crippen LogP contribution in [0.4, 0.5) is 5.69 Å². The lowest BCUT2D eigenvalue weighted by molar-refractivity contribution is -0.384. The number of hydrogen-bond acceptors (Lipinski definition) is 6. The van der Waals surface area contributed by atoms with Gasteiger partial charge in [0.15, 0.2) is 0 Å². The van der Waals surface area contributed by atoms with Crippen LogP contribution in [0.15, 0.2) is 36.4 Å². The SMILES string of the molecule is CS(=O)(=O)OC(C=CCCl)COc1ccc([N+](=O)[O-])cc1. The summed E-state index contributed by atoms with van der Waals surface area (Å²) in [6.07, 6.45) is 3.12. The van der Waals surface area contributed by atoms with E-state index in [9.17, 15) is 18.5 Å². The van der Waals surface area contributed by atoms with Crippen LogP contribution in [0.2, 0.25) is 0 Å². The molecule has 0 heterocycles. The highest BCUT2D eigenvalue weighted by Crippen LogP contribution is 2.17. The summed E-state index contributed by atoms with van der Waals surface area (Å²) in [5.74, 6) is 0.572. The molecule has 1 aromatic carbocycles. The molecule has 21 heavy (non-hydrogen) atoms.